The molecule has 98 valence electrons. The third-order valence-corrected chi connectivity index (χ3v) is 4.22. The SMILES string of the molecule is CC[C@@H]1CN(C(=O)C2CCNCC2)CC[C@H]1O. The minimum absolute atomic E-state index is 0.211. The fraction of sp³-hybridized carbons (Fsp3) is 0.923. The van der Waals surface area contributed by atoms with E-state index in [9.17, 15) is 9.90 Å². The number of carbonyl (C=O) groups is 1. The van der Waals surface area contributed by atoms with Crippen LogP contribution in [0.3, 0.4) is 0 Å². The zero-order chi connectivity index (χ0) is 12.3. The number of piperidine rings is 2. The van der Waals surface area contributed by atoms with Crippen LogP contribution in [0.2, 0.25) is 0 Å². The molecule has 2 aliphatic heterocycles. The third-order valence-electron chi connectivity index (χ3n) is 4.22. The second-order valence-corrected chi connectivity index (χ2v) is 5.33. The zero-order valence-electron chi connectivity index (χ0n) is 10.7. The van der Waals surface area contributed by atoms with Crippen molar-refractivity contribution >= 4 is 5.91 Å². The van der Waals surface area contributed by atoms with Gasteiger partial charge in [-0.1, -0.05) is 6.92 Å². The number of hydrogen-bond acceptors (Lipinski definition) is 3. The predicted molar refractivity (Wildman–Crippen MR) is 66.6 cm³/mol. The van der Waals surface area contributed by atoms with E-state index in [4.69, 9.17) is 0 Å². The number of likely N-dealkylation sites (tertiary alicyclic amines) is 1. The van der Waals surface area contributed by atoms with Crippen LogP contribution in [0.4, 0.5) is 0 Å². The molecule has 0 aromatic rings. The van der Waals surface area contributed by atoms with Crippen LogP contribution in [0.1, 0.15) is 32.6 Å². The van der Waals surface area contributed by atoms with Gasteiger partial charge in [-0.25, -0.2) is 0 Å². The first-order chi connectivity index (χ1) is 8.22. The van der Waals surface area contributed by atoms with Crippen molar-refractivity contribution in [2.24, 2.45) is 11.8 Å². The highest BCUT2D eigenvalue weighted by atomic mass is 16.3. The van der Waals surface area contributed by atoms with Gasteiger partial charge in [0.15, 0.2) is 0 Å². The smallest absolute Gasteiger partial charge is 0.225 e. The lowest BCUT2D eigenvalue weighted by molar-refractivity contribution is -0.140. The van der Waals surface area contributed by atoms with Gasteiger partial charge in [0.05, 0.1) is 6.10 Å². The van der Waals surface area contributed by atoms with Crippen molar-refractivity contribution in [1.82, 2.24) is 10.2 Å². The molecule has 0 saturated carbocycles. The second-order valence-electron chi connectivity index (χ2n) is 5.33. The molecule has 0 aromatic heterocycles. The number of aliphatic hydroxyl groups is 1. The molecule has 17 heavy (non-hydrogen) atoms. The van der Waals surface area contributed by atoms with E-state index in [1.54, 1.807) is 0 Å². The maximum atomic E-state index is 12.3. The number of aliphatic hydroxyl groups excluding tert-OH is 1. The molecule has 2 atom stereocenters. The lowest BCUT2D eigenvalue weighted by atomic mass is 9.90. The minimum Gasteiger partial charge on any atom is -0.393 e. The molecular weight excluding hydrogens is 216 g/mol. The maximum Gasteiger partial charge on any atom is 0.225 e. The third kappa shape index (κ3) is 2.99. The number of carbonyl (C=O) groups excluding carboxylic acids is 1. The molecule has 2 aliphatic rings. The highest BCUT2D eigenvalue weighted by molar-refractivity contribution is 5.79. The molecule has 2 heterocycles. The summed E-state index contributed by atoms with van der Waals surface area (Å²) in [6.07, 6.45) is 3.42. The fourth-order valence-corrected chi connectivity index (χ4v) is 2.95. The van der Waals surface area contributed by atoms with Gasteiger partial charge in [-0.05, 0) is 38.8 Å². The molecule has 4 heteroatoms. The summed E-state index contributed by atoms with van der Waals surface area (Å²) in [5.74, 6) is 0.801. The Morgan fingerprint density at radius 1 is 1.35 bits per heavy atom. The van der Waals surface area contributed by atoms with Crippen molar-refractivity contribution < 1.29 is 9.90 Å². The van der Waals surface area contributed by atoms with Crippen LogP contribution in [-0.2, 0) is 4.79 Å². The summed E-state index contributed by atoms with van der Waals surface area (Å²) in [6, 6.07) is 0. The second kappa shape index (κ2) is 5.83. The Bertz CT molecular complexity index is 264. The Kier molecular flexibility index (Phi) is 4.40. The molecule has 2 N–H and O–H groups in total. The van der Waals surface area contributed by atoms with Gasteiger partial charge in [-0.2, -0.15) is 0 Å². The Morgan fingerprint density at radius 3 is 2.71 bits per heavy atom. The lowest BCUT2D eigenvalue weighted by Gasteiger charge is -2.38. The number of rotatable bonds is 2. The van der Waals surface area contributed by atoms with Crippen LogP contribution in [-0.4, -0.2) is 48.2 Å². The summed E-state index contributed by atoms with van der Waals surface area (Å²) in [6.45, 7) is 5.50. The van der Waals surface area contributed by atoms with Crippen molar-refractivity contribution in [2.75, 3.05) is 26.2 Å². The van der Waals surface area contributed by atoms with E-state index in [0.29, 0.717) is 5.91 Å². The molecule has 0 spiro atoms. The van der Waals surface area contributed by atoms with Crippen molar-refractivity contribution in [2.45, 2.75) is 38.7 Å². The zero-order valence-corrected chi connectivity index (χ0v) is 10.7. The highest BCUT2D eigenvalue weighted by Crippen LogP contribution is 2.23. The molecule has 0 unspecified atom stereocenters. The maximum absolute atomic E-state index is 12.3. The number of hydrogen-bond donors (Lipinski definition) is 2. The lowest BCUT2D eigenvalue weighted by Crippen LogP contribution is -2.49. The molecule has 0 aliphatic carbocycles. The van der Waals surface area contributed by atoms with Gasteiger partial charge >= 0.3 is 0 Å². The van der Waals surface area contributed by atoms with Crippen molar-refractivity contribution in [1.29, 1.82) is 0 Å². The van der Waals surface area contributed by atoms with E-state index in [2.05, 4.69) is 12.2 Å². The molecule has 0 aromatic carbocycles. The number of nitrogens with one attached hydrogen (secondary N) is 1. The van der Waals surface area contributed by atoms with E-state index in [0.717, 1.165) is 51.9 Å². The summed E-state index contributed by atoms with van der Waals surface area (Å²) in [5, 5.41) is 13.1. The van der Waals surface area contributed by atoms with Crippen LogP contribution in [0.25, 0.3) is 0 Å². The summed E-state index contributed by atoms with van der Waals surface area (Å²) in [4.78, 5) is 14.3. The molecule has 2 saturated heterocycles. The molecule has 0 bridgehead atoms. The van der Waals surface area contributed by atoms with Crippen LogP contribution in [0.15, 0.2) is 0 Å². The first-order valence-corrected chi connectivity index (χ1v) is 6.90. The minimum atomic E-state index is -0.211. The Morgan fingerprint density at radius 2 is 2.06 bits per heavy atom. The quantitative estimate of drug-likeness (QED) is 0.743. The Balaban J connectivity index is 1.90. The Hall–Kier alpha value is -0.610. The normalized spacial score (nSPS) is 31.5. The van der Waals surface area contributed by atoms with Crippen LogP contribution < -0.4 is 5.32 Å². The van der Waals surface area contributed by atoms with Gasteiger partial charge in [0.25, 0.3) is 0 Å². The van der Waals surface area contributed by atoms with Crippen molar-refractivity contribution in [3.05, 3.63) is 0 Å². The average Bonchev–Trinajstić information content (AvgIpc) is 2.39. The van der Waals surface area contributed by atoms with Crippen LogP contribution in [0, 0.1) is 11.8 Å². The fourth-order valence-electron chi connectivity index (χ4n) is 2.95. The van der Waals surface area contributed by atoms with Crippen molar-refractivity contribution in [3.63, 3.8) is 0 Å². The summed E-state index contributed by atoms with van der Waals surface area (Å²) in [5.41, 5.74) is 0. The average molecular weight is 240 g/mol. The first-order valence-electron chi connectivity index (χ1n) is 6.90. The monoisotopic (exact) mass is 240 g/mol. The predicted octanol–water partition coefficient (Wildman–Crippen LogP) is 0.605. The van der Waals surface area contributed by atoms with Gasteiger partial charge in [0, 0.05) is 24.9 Å². The first kappa shape index (κ1) is 12.8. The van der Waals surface area contributed by atoms with Gasteiger partial charge < -0.3 is 15.3 Å². The van der Waals surface area contributed by atoms with E-state index in [1.165, 1.54) is 0 Å². The summed E-state index contributed by atoms with van der Waals surface area (Å²) >= 11 is 0. The van der Waals surface area contributed by atoms with Gasteiger partial charge in [0.1, 0.15) is 0 Å². The number of nitrogens with zero attached hydrogens (tertiary/aromatic N) is 1. The van der Waals surface area contributed by atoms with Crippen LogP contribution >= 0.6 is 0 Å². The molecule has 2 rings (SSSR count). The largest absolute Gasteiger partial charge is 0.393 e. The van der Waals surface area contributed by atoms with E-state index in [-0.39, 0.29) is 17.9 Å². The molecule has 2 fully saturated rings. The van der Waals surface area contributed by atoms with Crippen LogP contribution in [0.5, 0.6) is 0 Å². The van der Waals surface area contributed by atoms with E-state index in [1.807, 2.05) is 4.90 Å². The van der Waals surface area contributed by atoms with Gasteiger partial charge in [-0.15, -0.1) is 0 Å². The molecule has 1 amide bonds. The summed E-state index contributed by atoms with van der Waals surface area (Å²) in [7, 11) is 0. The standard InChI is InChI=1S/C13H24N2O2/c1-2-10-9-15(8-5-12(10)16)13(17)11-3-6-14-7-4-11/h10-12,14,16H,2-9H2,1H3/t10-,12-/m1/s1. The van der Waals surface area contributed by atoms with Gasteiger partial charge in [0.2, 0.25) is 5.91 Å². The molecule has 0 radical (unpaired) electrons. The van der Waals surface area contributed by atoms with E-state index < -0.39 is 0 Å². The number of amides is 1. The topological polar surface area (TPSA) is 52.6 Å². The highest BCUT2D eigenvalue weighted by Gasteiger charge is 2.32. The summed E-state index contributed by atoms with van der Waals surface area (Å²) < 4.78 is 0. The van der Waals surface area contributed by atoms with Crippen molar-refractivity contribution in [3.8, 4) is 0 Å². The molecular formula is C13H24N2O2. The van der Waals surface area contributed by atoms with Gasteiger partial charge in [-0.3, -0.25) is 4.79 Å². The van der Waals surface area contributed by atoms with E-state index >= 15 is 0 Å². The molecule has 4 nitrogen and oxygen atoms in total. The Labute approximate surface area is 103 Å².